The van der Waals surface area contributed by atoms with Gasteiger partial charge in [0.15, 0.2) is 6.20 Å². The molecule has 15 heteroatoms. The number of benzene rings is 1. The largest absolute Gasteiger partial charge is 0.618 e. The molecule has 2 aliphatic rings. The summed E-state index contributed by atoms with van der Waals surface area (Å²) in [6.45, 7) is 0.700. The third-order valence-electron chi connectivity index (χ3n) is 7.00. The molecular formula is C26H23ClN6O6S2. The van der Waals surface area contributed by atoms with Gasteiger partial charge in [0.2, 0.25) is 11.5 Å². The van der Waals surface area contributed by atoms with Crippen molar-refractivity contribution in [2.24, 2.45) is 0 Å². The molecule has 2 amide bonds. The zero-order valence-electron chi connectivity index (χ0n) is 21.4. The van der Waals surface area contributed by atoms with E-state index in [1.54, 1.807) is 42.5 Å². The highest BCUT2D eigenvalue weighted by atomic mass is 35.5. The first-order valence-electron chi connectivity index (χ1n) is 12.6. The molecule has 0 aliphatic carbocycles. The highest BCUT2D eigenvalue weighted by Crippen LogP contribution is 2.33. The minimum atomic E-state index is -3.90. The van der Waals surface area contributed by atoms with Crippen molar-refractivity contribution in [2.75, 3.05) is 39.3 Å². The molecule has 0 N–H and O–H groups in total. The van der Waals surface area contributed by atoms with Crippen molar-refractivity contribution >= 4 is 55.0 Å². The second kappa shape index (κ2) is 10.9. The molecule has 1 unspecified atom stereocenters. The molecule has 4 aromatic rings. The number of sulfonamides is 1. The quantitative estimate of drug-likeness (QED) is 0.238. The van der Waals surface area contributed by atoms with Gasteiger partial charge >= 0.3 is 6.09 Å². The number of rotatable bonds is 6. The van der Waals surface area contributed by atoms with Crippen molar-refractivity contribution < 1.29 is 27.5 Å². The number of hydrogen-bond acceptors (Lipinski definition) is 9. The number of aromatic nitrogens is 3. The van der Waals surface area contributed by atoms with E-state index in [9.17, 15) is 23.2 Å². The van der Waals surface area contributed by atoms with Gasteiger partial charge in [-0.05, 0) is 29.7 Å². The lowest BCUT2D eigenvalue weighted by molar-refractivity contribution is -0.593. The number of amides is 2. The number of pyridine rings is 1. The van der Waals surface area contributed by atoms with Crippen molar-refractivity contribution in [3.05, 3.63) is 77.1 Å². The molecule has 41 heavy (non-hydrogen) atoms. The third kappa shape index (κ3) is 5.30. The zero-order chi connectivity index (χ0) is 28.7. The number of fused-ring (bicyclic) bond motifs is 1. The van der Waals surface area contributed by atoms with Gasteiger partial charge in [0, 0.05) is 60.4 Å². The molecule has 1 aromatic carbocycles. The molecule has 0 spiro atoms. The molecule has 5 heterocycles. The van der Waals surface area contributed by atoms with E-state index in [0.29, 0.717) is 27.6 Å². The van der Waals surface area contributed by atoms with E-state index in [1.807, 2.05) is 0 Å². The fourth-order valence-electron chi connectivity index (χ4n) is 4.90. The van der Waals surface area contributed by atoms with Crippen LogP contribution < -0.4 is 4.73 Å². The van der Waals surface area contributed by atoms with Crippen LogP contribution in [0.25, 0.3) is 21.3 Å². The van der Waals surface area contributed by atoms with E-state index in [1.165, 1.54) is 32.7 Å². The lowest BCUT2D eigenvalue weighted by Crippen LogP contribution is -2.59. The smallest absolute Gasteiger partial charge is 0.410 e. The highest BCUT2D eigenvalue weighted by Gasteiger charge is 2.40. The van der Waals surface area contributed by atoms with E-state index in [4.69, 9.17) is 16.3 Å². The second-order valence-electron chi connectivity index (χ2n) is 9.53. The maximum atomic E-state index is 13.7. The Bertz CT molecular complexity index is 1750. The summed E-state index contributed by atoms with van der Waals surface area (Å²) in [5.41, 5.74) is 0.772. The van der Waals surface area contributed by atoms with Crippen LogP contribution in [0.3, 0.4) is 0 Å². The first-order valence-corrected chi connectivity index (χ1v) is 15.3. The van der Waals surface area contributed by atoms with Crippen molar-refractivity contribution in [2.45, 2.75) is 10.3 Å². The SMILES string of the molecule is O=C1OCCN1CC1CN(S(=O)(=O)c2cc3ccc(Cl)cc3s2)CCN1C(=O)c1ncc(-c2cccc[n+]2[O-])cn1. The minimum Gasteiger partial charge on any atom is -0.618 e. The molecule has 2 aliphatic heterocycles. The van der Waals surface area contributed by atoms with Crippen molar-refractivity contribution in [3.63, 3.8) is 0 Å². The summed E-state index contributed by atoms with van der Waals surface area (Å²) in [5, 5.41) is 13.4. The monoisotopic (exact) mass is 614 g/mol. The van der Waals surface area contributed by atoms with Gasteiger partial charge in [-0.2, -0.15) is 9.04 Å². The van der Waals surface area contributed by atoms with Crippen LogP contribution in [-0.4, -0.2) is 89.9 Å². The third-order valence-corrected chi connectivity index (χ3v) is 10.6. The van der Waals surface area contributed by atoms with Gasteiger partial charge in [0.1, 0.15) is 10.8 Å². The Morgan fingerprint density at radius 3 is 2.68 bits per heavy atom. The Kier molecular flexibility index (Phi) is 7.23. The van der Waals surface area contributed by atoms with E-state index >= 15 is 0 Å². The van der Waals surface area contributed by atoms with Crippen LogP contribution in [0.5, 0.6) is 0 Å². The summed E-state index contributed by atoms with van der Waals surface area (Å²) in [6.07, 6.45) is 3.62. The van der Waals surface area contributed by atoms with E-state index in [-0.39, 0.29) is 42.8 Å². The van der Waals surface area contributed by atoms with E-state index in [0.717, 1.165) is 21.4 Å². The highest BCUT2D eigenvalue weighted by molar-refractivity contribution is 7.91. The Labute approximate surface area is 244 Å². The molecule has 0 bridgehead atoms. The summed E-state index contributed by atoms with van der Waals surface area (Å²) in [7, 11) is -3.90. The summed E-state index contributed by atoms with van der Waals surface area (Å²) in [5.74, 6) is -0.612. The number of ether oxygens (including phenoxy) is 1. The molecule has 6 rings (SSSR count). The van der Waals surface area contributed by atoms with Gasteiger partial charge in [-0.25, -0.2) is 23.2 Å². The van der Waals surface area contributed by atoms with Crippen molar-refractivity contribution in [3.8, 4) is 11.3 Å². The van der Waals surface area contributed by atoms with E-state index in [2.05, 4.69) is 9.97 Å². The summed E-state index contributed by atoms with van der Waals surface area (Å²) >= 11 is 7.22. The normalized spacial score (nSPS) is 18.2. The van der Waals surface area contributed by atoms with Crippen LogP contribution in [-0.2, 0) is 14.8 Å². The van der Waals surface area contributed by atoms with Crippen LogP contribution in [0.1, 0.15) is 10.6 Å². The Hall–Kier alpha value is -3.85. The average molecular weight is 615 g/mol. The Balaban J connectivity index is 1.26. The number of carbonyl (C=O) groups is 2. The van der Waals surface area contributed by atoms with Gasteiger partial charge in [-0.1, -0.05) is 17.7 Å². The molecule has 0 radical (unpaired) electrons. The molecular weight excluding hydrogens is 592 g/mol. The van der Waals surface area contributed by atoms with Crippen LogP contribution in [0.4, 0.5) is 4.79 Å². The van der Waals surface area contributed by atoms with Crippen molar-refractivity contribution in [1.29, 1.82) is 0 Å². The molecule has 1 atom stereocenters. The van der Waals surface area contributed by atoms with Crippen LogP contribution in [0.15, 0.2) is 65.3 Å². The van der Waals surface area contributed by atoms with Crippen LogP contribution in [0, 0.1) is 5.21 Å². The molecule has 3 aromatic heterocycles. The summed E-state index contributed by atoms with van der Waals surface area (Å²) in [4.78, 5) is 37.1. The lowest BCUT2D eigenvalue weighted by atomic mass is 10.1. The molecule has 12 nitrogen and oxygen atoms in total. The van der Waals surface area contributed by atoms with Gasteiger partial charge in [-0.3, -0.25) is 4.79 Å². The number of piperazine rings is 1. The predicted octanol–water partition coefficient (Wildman–Crippen LogP) is 2.61. The standard InChI is InChI=1S/C26H23ClN6O6S2/c27-19-5-4-17-11-23(40-22(17)12-19)41(37,38)31-7-8-32(20(16-31)15-30-9-10-39-26(30)35)25(34)24-28-13-18(14-29-24)21-3-1-2-6-33(21)36/h1-6,11-14,20H,7-10,15-16H2. The van der Waals surface area contributed by atoms with Crippen LogP contribution in [0.2, 0.25) is 5.02 Å². The number of hydrogen-bond donors (Lipinski definition) is 0. The maximum Gasteiger partial charge on any atom is 0.410 e. The lowest BCUT2D eigenvalue weighted by Gasteiger charge is -2.41. The summed E-state index contributed by atoms with van der Waals surface area (Å²) in [6, 6.07) is 11.0. The predicted molar refractivity (Wildman–Crippen MR) is 150 cm³/mol. The number of cyclic esters (lactones) is 1. The Morgan fingerprint density at radius 1 is 1.15 bits per heavy atom. The van der Waals surface area contributed by atoms with Gasteiger partial charge < -0.3 is 19.7 Å². The van der Waals surface area contributed by atoms with Gasteiger partial charge in [0.25, 0.3) is 15.9 Å². The molecule has 0 saturated carbocycles. The number of halogens is 1. The zero-order valence-corrected chi connectivity index (χ0v) is 23.8. The topological polar surface area (TPSA) is 140 Å². The fourth-order valence-corrected chi connectivity index (χ4v) is 8.20. The number of nitrogens with zero attached hydrogens (tertiary/aromatic N) is 6. The minimum absolute atomic E-state index is 0.0366. The average Bonchev–Trinajstić information content (AvgIpc) is 3.59. The first kappa shape index (κ1) is 27.3. The molecule has 2 fully saturated rings. The first-order chi connectivity index (χ1) is 19.7. The fraction of sp³-hybridized carbons (Fsp3) is 0.269. The number of carbonyl (C=O) groups excluding carboxylic acids is 2. The van der Waals surface area contributed by atoms with Gasteiger partial charge in [-0.15, -0.1) is 11.3 Å². The molecule has 2 saturated heterocycles. The summed E-state index contributed by atoms with van der Waals surface area (Å²) < 4.78 is 35.3. The van der Waals surface area contributed by atoms with E-state index < -0.39 is 28.1 Å². The van der Waals surface area contributed by atoms with Crippen LogP contribution >= 0.6 is 22.9 Å². The molecule has 212 valence electrons. The van der Waals surface area contributed by atoms with Crippen molar-refractivity contribution in [1.82, 2.24) is 24.1 Å². The maximum absolute atomic E-state index is 13.7. The Morgan fingerprint density at radius 2 is 1.95 bits per heavy atom. The number of thiophene rings is 1. The second-order valence-corrected chi connectivity index (χ2v) is 13.2. The van der Waals surface area contributed by atoms with Gasteiger partial charge in [0.05, 0.1) is 18.2 Å².